The van der Waals surface area contributed by atoms with E-state index in [4.69, 9.17) is 0 Å². The summed E-state index contributed by atoms with van der Waals surface area (Å²) in [6, 6.07) is 6.03. The van der Waals surface area contributed by atoms with Crippen LogP contribution >= 0.6 is 0 Å². The Morgan fingerprint density at radius 3 is 2.85 bits per heavy atom. The summed E-state index contributed by atoms with van der Waals surface area (Å²) >= 11 is 0. The molecule has 0 saturated heterocycles. The van der Waals surface area contributed by atoms with Crippen molar-refractivity contribution in [1.82, 2.24) is 29.5 Å². The number of rotatable bonds is 3. The monoisotopic (exact) mass is 360 g/mol. The number of aromatic nitrogens is 6. The molecule has 27 heavy (non-hydrogen) atoms. The molecule has 2 atom stereocenters. The molecule has 4 heterocycles. The summed E-state index contributed by atoms with van der Waals surface area (Å²) in [6.45, 7) is 2.02. The van der Waals surface area contributed by atoms with Crippen LogP contribution in [0.1, 0.15) is 35.1 Å². The van der Waals surface area contributed by atoms with Gasteiger partial charge in [-0.15, -0.1) is 0 Å². The number of nitrogens with zero attached hydrogens (tertiary/aromatic N) is 4. The Morgan fingerprint density at radius 2 is 2.07 bits per heavy atom. The fourth-order valence-electron chi connectivity index (χ4n) is 3.51. The van der Waals surface area contributed by atoms with E-state index in [0.29, 0.717) is 17.2 Å². The van der Waals surface area contributed by atoms with Crippen LogP contribution in [0.5, 0.6) is 0 Å². The number of nitrogens with one attached hydrogen (secondary N) is 2. The lowest BCUT2D eigenvalue weighted by atomic mass is 10.1. The number of hydrogen-bond donors (Lipinski definition) is 2. The maximum absolute atomic E-state index is 12.2. The van der Waals surface area contributed by atoms with Gasteiger partial charge in [0.1, 0.15) is 0 Å². The number of pyridine rings is 1. The van der Waals surface area contributed by atoms with Gasteiger partial charge in [0.2, 0.25) is 0 Å². The van der Waals surface area contributed by atoms with Crippen molar-refractivity contribution < 1.29 is 0 Å². The average Bonchev–Trinajstić information content (AvgIpc) is 3.30. The minimum atomic E-state index is -0.541. The van der Waals surface area contributed by atoms with Gasteiger partial charge < -0.3 is 4.98 Å². The summed E-state index contributed by atoms with van der Waals surface area (Å²) in [5, 5.41) is 4.47. The molecule has 0 unspecified atom stereocenters. The standard InChI is InChI=1S/C19H16N6O2/c1-10-2-3-15(21-8-10)12-6-11(12)13-7-16(24-25-5-4-20-17(13)25)14-9-22-19(27)23-18(14)26/h2-5,7-9,11-12H,6H2,1H3,(H2,22,23,26,27)/t11-,12-/m0/s1. The second kappa shape index (κ2) is 5.73. The molecule has 1 saturated carbocycles. The molecule has 4 aromatic rings. The maximum Gasteiger partial charge on any atom is 0.325 e. The lowest BCUT2D eigenvalue weighted by Crippen LogP contribution is -2.23. The van der Waals surface area contributed by atoms with Gasteiger partial charge in [0, 0.05) is 42.0 Å². The number of hydrogen-bond acceptors (Lipinski definition) is 5. The molecule has 0 bridgehead atoms. The topological polar surface area (TPSA) is 109 Å². The highest BCUT2D eigenvalue weighted by atomic mass is 16.2. The van der Waals surface area contributed by atoms with E-state index in [1.54, 1.807) is 16.9 Å². The van der Waals surface area contributed by atoms with Gasteiger partial charge in [0.05, 0.1) is 11.3 Å². The van der Waals surface area contributed by atoms with Gasteiger partial charge in [-0.25, -0.2) is 14.3 Å². The Kier molecular flexibility index (Phi) is 3.33. The zero-order chi connectivity index (χ0) is 18.5. The molecule has 4 aromatic heterocycles. The zero-order valence-electron chi connectivity index (χ0n) is 14.5. The van der Waals surface area contributed by atoms with E-state index in [1.807, 2.05) is 19.2 Å². The summed E-state index contributed by atoms with van der Waals surface area (Å²) in [6.07, 6.45) is 7.69. The van der Waals surface area contributed by atoms with Crippen LogP contribution in [0.25, 0.3) is 16.9 Å². The van der Waals surface area contributed by atoms with Crippen molar-refractivity contribution in [3.8, 4) is 11.3 Å². The molecule has 134 valence electrons. The molecule has 0 amide bonds. The fourth-order valence-corrected chi connectivity index (χ4v) is 3.51. The molecule has 2 N–H and O–H groups in total. The van der Waals surface area contributed by atoms with E-state index in [-0.39, 0.29) is 5.92 Å². The number of aryl methyl sites for hydroxylation is 1. The zero-order valence-corrected chi connectivity index (χ0v) is 14.5. The molecular formula is C19H16N6O2. The van der Waals surface area contributed by atoms with Crippen molar-refractivity contribution in [3.63, 3.8) is 0 Å². The quantitative estimate of drug-likeness (QED) is 0.578. The van der Waals surface area contributed by atoms with Gasteiger partial charge in [0.25, 0.3) is 5.56 Å². The Balaban J connectivity index is 1.60. The second-order valence-corrected chi connectivity index (χ2v) is 6.88. The van der Waals surface area contributed by atoms with Crippen LogP contribution in [0.3, 0.4) is 0 Å². The van der Waals surface area contributed by atoms with Crippen LogP contribution in [0.15, 0.2) is 52.6 Å². The molecule has 5 rings (SSSR count). The number of aromatic amines is 2. The Labute approximate surface area is 153 Å². The molecule has 1 fully saturated rings. The molecule has 8 heteroatoms. The summed E-state index contributed by atoms with van der Waals surface area (Å²) < 4.78 is 1.67. The molecule has 1 aliphatic carbocycles. The third kappa shape index (κ3) is 2.66. The summed E-state index contributed by atoms with van der Waals surface area (Å²) in [5.74, 6) is 0.601. The van der Waals surface area contributed by atoms with Gasteiger partial charge in [-0.05, 0) is 37.0 Å². The third-order valence-electron chi connectivity index (χ3n) is 4.99. The van der Waals surface area contributed by atoms with Crippen LogP contribution < -0.4 is 11.2 Å². The van der Waals surface area contributed by atoms with Crippen molar-refractivity contribution in [1.29, 1.82) is 0 Å². The maximum atomic E-state index is 12.2. The Bertz CT molecular complexity index is 1270. The van der Waals surface area contributed by atoms with Gasteiger partial charge in [-0.1, -0.05) is 6.07 Å². The van der Waals surface area contributed by atoms with E-state index in [1.165, 1.54) is 6.20 Å². The van der Waals surface area contributed by atoms with Gasteiger partial charge in [0.15, 0.2) is 5.65 Å². The van der Waals surface area contributed by atoms with Crippen molar-refractivity contribution in [2.24, 2.45) is 0 Å². The predicted octanol–water partition coefficient (Wildman–Crippen LogP) is 1.75. The van der Waals surface area contributed by atoms with Crippen molar-refractivity contribution >= 4 is 5.65 Å². The Hall–Kier alpha value is -3.55. The van der Waals surface area contributed by atoms with E-state index >= 15 is 0 Å². The van der Waals surface area contributed by atoms with Crippen molar-refractivity contribution in [3.05, 3.63) is 80.6 Å². The first-order valence-electron chi connectivity index (χ1n) is 8.69. The molecule has 0 spiro atoms. The highest BCUT2D eigenvalue weighted by molar-refractivity contribution is 5.63. The number of H-pyrrole nitrogens is 2. The SMILES string of the molecule is Cc1ccc([C@H]2C[C@@H]2c2cc(-c3c[nH]c(=O)[nH]c3=O)nn3ccnc23)nc1. The van der Waals surface area contributed by atoms with Gasteiger partial charge in [-0.3, -0.25) is 14.8 Å². The van der Waals surface area contributed by atoms with Crippen molar-refractivity contribution in [2.75, 3.05) is 0 Å². The smallest absolute Gasteiger partial charge is 0.313 e. The largest absolute Gasteiger partial charge is 0.325 e. The molecule has 0 aliphatic heterocycles. The van der Waals surface area contributed by atoms with Crippen LogP contribution in [-0.4, -0.2) is 29.5 Å². The van der Waals surface area contributed by atoms with Crippen LogP contribution in [0.2, 0.25) is 0 Å². The highest BCUT2D eigenvalue weighted by Crippen LogP contribution is 2.55. The summed E-state index contributed by atoms with van der Waals surface area (Å²) in [7, 11) is 0. The first-order valence-corrected chi connectivity index (χ1v) is 8.69. The minimum Gasteiger partial charge on any atom is -0.313 e. The van der Waals surface area contributed by atoms with Crippen LogP contribution in [-0.2, 0) is 0 Å². The highest BCUT2D eigenvalue weighted by Gasteiger charge is 2.42. The number of fused-ring (bicyclic) bond motifs is 1. The second-order valence-electron chi connectivity index (χ2n) is 6.88. The molecule has 8 nitrogen and oxygen atoms in total. The first-order chi connectivity index (χ1) is 13.1. The van der Waals surface area contributed by atoms with E-state index in [2.05, 4.69) is 37.2 Å². The Morgan fingerprint density at radius 1 is 1.19 bits per heavy atom. The van der Waals surface area contributed by atoms with Gasteiger partial charge in [-0.2, -0.15) is 5.10 Å². The lowest BCUT2D eigenvalue weighted by Gasteiger charge is -2.07. The van der Waals surface area contributed by atoms with Crippen molar-refractivity contribution in [2.45, 2.75) is 25.2 Å². The molecule has 1 aliphatic rings. The van der Waals surface area contributed by atoms with Gasteiger partial charge >= 0.3 is 5.69 Å². The van der Waals surface area contributed by atoms with E-state index in [9.17, 15) is 9.59 Å². The van der Waals surface area contributed by atoms with E-state index < -0.39 is 11.2 Å². The lowest BCUT2D eigenvalue weighted by molar-refractivity contribution is 0.899. The molecule has 0 aromatic carbocycles. The molecule has 0 radical (unpaired) electrons. The molecular weight excluding hydrogens is 344 g/mol. The number of imidazole rings is 1. The van der Waals surface area contributed by atoms with E-state index in [0.717, 1.165) is 28.9 Å². The summed E-state index contributed by atoms with van der Waals surface area (Å²) in [5.41, 5.74) is 3.81. The van der Waals surface area contributed by atoms with Crippen LogP contribution in [0.4, 0.5) is 0 Å². The average molecular weight is 360 g/mol. The normalized spacial score (nSPS) is 18.7. The van der Waals surface area contributed by atoms with Crippen LogP contribution in [0, 0.1) is 6.92 Å². The first kappa shape index (κ1) is 15.7. The summed E-state index contributed by atoms with van der Waals surface area (Å²) in [4.78, 5) is 37.2. The predicted molar refractivity (Wildman–Crippen MR) is 98.7 cm³/mol. The fraction of sp³-hybridized carbons (Fsp3) is 0.211. The minimum absolute atomic E-state index is 0.272. The third-order valence-corrected chi connectivity index (χ3v) is 4.99.